The van der Waals surface area contributed by atoms with Crippen molar-refractivity contribution >= 4 is 16.7 Å². The molecule has 5 rings (SSSR count). The van der Waals surface area contributed by atoms with Gasteiger partial charge in [0, 0.05) is 17.5 Å². The highest BCUT2D eigenvalue weighted by Crippen LogP contribution is 2.43. The SMILES string of the molecule is CC[C@@H](NCCC[C@H]1C[C@@H](c2ccc(C)c(C(=O)O)c2C)c2ccccc2O1)c1cccc2ccccc12. The Kier molecular flexibility index (Phi) is 7.80. The smallest absolute Gasteiger partial charge is 0.336 e. The summed E-state index contributed by atoms with van der Waals surface area (Å²) in [5, 5.41) is 16.2. The summed E-state index contributed by atoms with van der Waals surface area (Å²) in [5.74, 6) is 0.179. The molecular weight excluding hydrogens is 470 g/mol. The van der Waals surface area contributed by atoms with Gasteiger partial charge < -0.3 is 15.2 Å². The third-order valence-electron chi connectivity index (χ3n) is 8.09. The lowest BCUT2D eigenvalue weighted by molar-refractivity contribution is 0.0695. The van der Waals surface area contributed by atoms with Crippen molar-refractivity contribution in [3.63, 3.8) is 0 Å². The molecule has 0 fully saturated rings. The number of carboxylic acid groups (broad SMARTS) is 1. The van der Waals surface area contributed by atoms with Gasteiger partial charge in [-0.15, -0.1) is 0 Å². The van der Waals surface area contributed by atoms with Crippen molar-refractivity contribution < 1.29 is 14.6 Å². The molecule has 0 saturated heterocycles. The van der Waals surface area contributed by atoms with E-state index in [4.69, 9.17) is 4.74 Å². The van der Waals surface area contributed by atoms with Gasteiger partial charge >= 0.3 is 5.97 Å². The van der Waals surface area contributed by atoms with Crippen molar-refractivity contribution in [1.29, 1.82) is 0 Å². The first kappa shape index (κ1) is 26.0. The number of carboxylic acids is 1. The highest BCUT2D eigenvalue weighted by atomic mass is 16.5. The van der Waals surface area contributed by atoms with Crippen molar-refractivity contribution in [1.82, 2.24) is 5.32 Å². The lowest BCUT2D eigenvalue weighted by atomic mass is 9.80. The molecule has 4 aromatic rings. The second kappa shape index (κ2) is 11.4. The van der Waals surface area contributed by atoms with Crippen LogP contribution in [0.1, 0.15) is 82.7 Å². The lowest BCUT2D eigenvalue weighted by Crippen LogP contribution is -2.29. The number of para-hydroxylation sites is 1. The van der Waals surface area contributed by atoms with Crippen LogP contribution in [0.15, 0.2) is 78.9 Å². The summed E-state index contributed by atoms with van der Waals surface area (Å²) >= 11 is 0. The van der Waals surface area contributed by atoms with Crippen molar-refractivity contribution in [3.8, 4) is 5.75 Å². The summed E-state index contributed by atoms with van der Waals surface area (Å²) in [4.78, 5) is 12.0. The van der Waals surface area contributed by atoms with Crippen LogP contribution in [0.3, 0.4) is 0 Å². The average Bonchev–Trinajstić information content (AvgIpc) is 2.92. The number of nitrogens with one attached hydrogen (secondary N) is 1. The molecule has 4 aromatic carbocycles. The monoisotopic (exact) mass is 507 g/mol. The molecule has 38 heavy (non-hydrogen) atoms. The Morgan fingerprint density at radius 1 is 0.974 bits per heavy atom. The molecule has 0 spiro atoms. The zero-order valence-electron chi connectivity index (χ0n) is 22.5. The van der Waals surface area contributed by atoms with Gasteiger partial charge in [-0.25, -0.2) is 4.79 Å². The number of hydrogen-bond acceptors (Lipinski definition) is 3. The van der Waals surface area contributed by atoms with Gasteiger partial charge in [-0.05, 0) is 85.2 Å². The van der Waals surface area contributed by atoms with Gasteiger partial charge in [0.1, 0.15) is 5.75 Å². The van der Waals surface area contributed by atoms with Crippen molar-refractivity contribution in [3.05, 3.63) is 112 Å². The van der Waals surface area contributed by atoms with Crippen molar-refractivity contribution in [2.75, 3.05) is 6.54 Å². The number of ether oxygens (including phenoxy) is 1. The van der Waals surface area contributed by atoms with E-state index in [1.54, 1.807) is 0 Å². The van der Waals surface area contributed by atoms with E-state index in [0.29, 0.717) is 11.6 Å². The van der Waals surface area contributed by atoms with E-state index in [1.165, 1.54) is 16.3 Å². The van der Waals surface area contributed by atoms with E-state index in [2.05, 4.69) is 66.8 Å². The minimum atomic E-state index is -0.860. The third-order valence-corrected chi connectivity index (χ3v) is 8.09. The van der Waals surface area contributed by atoms with Crippen molar-refractivity contribution in [2.45, 2.75) is 64.5 Å². The number of carbonyl (C=O) groups is 1. The van der Waals surface area contributed by atoms with E-state index < -0.39 is 5.97 Å². The largest absolute Gasteiger partial charge is 0.490 e. The molecule has 0 amide bonds. The van der Waals surface area contributed by atoms with Gasteiger partial charge in [0.05, 0.1) is 11.7 Å². The first-order chi connectivity index (χ1) is 18.5. The molecule has 1 heterocycles. The van der Waals surface area contributed by atoms with Crippen LogP contribution in [0.5, 0.6) is 5.75 Å². The van der Waals surface area contributed by atoms with Crippen LogP contribution in [-0.4, -0.2) is 23.7 Å². The molecule has 2 N–H and O–H groups in total. The van der Waals surface area contributed by atoms with Gasteiger partial charge in [0.25, 0.3) is 0 Å². The zero-order valence-corrected chi connectivity index (χ0v) is 22.5. The maximum absolute atomic E-state index is 12.0. The molecule has 0 bridgehead atoms. The van der Waals surface area contributed by atoms with E-state index >= 15 is 0 Å². The molecule has 0 saturated carbocycles. The van der Waals surface area contributed by atoms with Crippen LogP contribution in [-0.2, 0) is 0 Å². The Hall–Kier alpha value is -3.63. The predicted octanol–water partition coefficient (Wildman–Crippen LogP) is 7.96. The van der Waals surface area contributed by atoms with Crippen LogP contribution >= 0.6 is 0 Å². The topological polar surface area (TPSA) is 58.6 Å². The second-order valence-corrected chi connectivity index (χ2v) is 10.5. The van der Waals surface area contributed by atoms with Gasteiger partial charge in [0.15, 0.2) is 0 Å². The Morgan fingerprint density at radius 3 is 2.55 bits per heavy atom. The van der Waals surface area contributed by atoms with Gasteiger partial charge in [0.2, 0.25) is 0 Å². The fraction of sp³-hybridized carbons (Fsp3) is 0.324. The number of aryl methyl sites for hydroxylation is 1. The number of fused-ring (bicyclic) bond motifs is 2. The molecule has 3 atom stereocenters. The quantitative estimate of drug-likeness (QED) is 0.226. The minimum absolute atomic E-state index is 0.0864. The summed E-state index contributed by atoms with van der Waals surface area (Å²) in [6.07, 6.45) is 3.92. The molecule has 1 aliphatic rings. The van der Waals surface area contributed by atoms with Crippen molar-refractivity contribution in [2.24, 2.45) is 0 Å². The maximum Gasteiger partial charge on any atom is 0.336 e. The molecule has 0 unspecified atom stereocenters. The molecule has 0 aromatic heterocycles. The number of hydrogen-bond donors (Lipinski definition) is 2. The molecular formula is C34H37NO3. The standard InChI is InChI=1S/C34H37NO3/c1-4-31(28-16-9-12-24-11-5-6-14-27(24)28)35-20-10-13-25-21-30(29-15-7-8-17-32(29)38-25)26-19-18-22(2)33(23(26)3)34(36)37/h5-9,11-12,14-19,25,30-31,35H,4,10,13,20-21H2,1-3H3,(H,36,37)/t25-,30-,31+/m0/s1. The highest BCUT2D eigenvalue weighted by molar-refractivity contribution is 5.91. The second-order valence-electron chi connectivity index (χ2n) is 10.5. The van der Waals surface area contributed by atoms with Crippen LogP contribution in [0.25, 0.3) is 10.8 Å². The maximum atomic E-state index is 12.0. The van der Waals surface area contributed by atoms with Crippen LogP contribution in [0.2, 0.25) is 0 Å². The molecule has 0 radical (unpaired) electrons. The summed E-state index contributed by atoms with van der Waals surface area (Å²) in [7, 11) is 0. The summed E-state index contributed by atoms with van der Waals surface area (Å²) in [6, 6.07) is 27.7. The predicted molar refractivity (Wildman–Crippen MR) is 154 cm³/mol. The highest BCUT2D eigenvalue weighted by Gasteiger charge is 2.31. The number of benzene rings is 4. The molecule has 0 aliphatic carbocycles. The Labute approximate surface area is 225 Å². The first-order valence-corrected chi connectivity index (χ1v) is 13.8. The molecule has 4 heteroatoms. The van der Waals surface area contributed by atoms with E-state index in [9.17, 15) is 9.90 Å². The van der Waals surface area contributed by atoms with E-state index in [0.717, 1.165) is 60.2 Å². The van der Waals surface area contributed by atoms with E-state index in [1.807, 2.05) is 38.1 Å². The molecule has 196 valence electrons. The Morgan fingerprint density at radius 2 is 1.74 bits per heavy atom. The lowest BCUT2D eigenvalue weighted by Gasteiger charge is -2.34. The fourth-order valence-corrected chi connectivity index (χ4v) is 6.17. The Balaban J connectivity index is 1.29. The van der Waals surface area contributed by atoms with Crippen LogP contribution in [0, 0.1) is 13.8 Å². The fourth-order valence-electron chi connectivity index (χ4n) is 6.17. The molecule has 4 nitrogen and oxygen atoms in total. The average molecular weight is 508 g/mol. The summed E-state index contributed by atoms with van der Waals surface area (Å²) in [6.45, 7) is 6.97. The Bertz CT molecular complexity index is 1440. The summed E-state index contributed by atoms with van der Waals surface area (Å²) < 4.78 is 6.46. The number of aromatic carboxylic acids is 1. The number of rotatable bonds is 9. The summed E-state index contributed by atoms with van der Waals surface area (Å²) in [5.41, 5.74) is 5.68. The molecule has 1 aliphatic heterocycles. The van der Waals surface area contributed by atoms with Gasteiger partial charge in [-0.1, -0.05) is 79.7 Å². The zero-order chi connectivity index (χ0) is 26.6. The van der Waals surface area contributed by atoms with Crippen LogP contribution in [0.4, 0.5) is 0 Å². The van der Waals surface area contributed by atoms with E-state index in [-0.39, 0.29) is 12.0 Å². The van der Waals surface area contributed by atoms with Crippen LogP contribution < -0.4 is 10.1 Å². The normalized spacial score (nSPS) is 17.6. The van der Waals surface area contributed by atoms with Gasteiger partial charge in [-0.3, -0.25) is 0 Å². The third kappa shape index (κ3) is 5.19. The van der Waals surface area contributed by atoms with Gasteiger partial charge in [-0.2, -0.15) is 0 Å². The first-order valence-electron chi connectivity index (χ1n) is 13.8. The minimum Gasteiger partial charge on any atom is -0.490 e.